The van der Waals surface area contributed by atoms with E-state index in [-0.39, 0.29) is 5.91 Å². The van der Waals surface area contributed by atoms with E-state index in [1.165, 1.54) is 0 Å². The summed E-state index contributed by atoms with van der Waals surface area (Å²) < 4.78 is 11.5. The van der Waals surface area contributed by atoms with E-state index in [0.29, 0.717) is 17.8 Å². The average molecular weight is 599 g/mol. The summed E-state index contributed by atoms with van der Waals surface area (Å²) in [6.45, 7) is 7.75. The molecular weight excluding hydrogens is 564 g/mol. The summed E-state index contributed by atoms with van der Waals surface area (Å²) in [4.78, 5) is 29.6. The molecule has 0 bridgehead atoms. The molecule has 2 heterocycles. The van der Waals surface area contributed by atoms with Crippen LogP contribution in [-0.4, -0.2) is 22.6 Å². The highest BCUT2D eigenvalue weighted by Crippen LogP contribution is 2.36. The number of alkyl carbamates (subject to hydrolysis) is 1. The number of fused-ring (bicyclic) bond motifs is 3. The van der Waals surface area contributed by atoms with Gasteiger partial charge >= 0.3 is 6.09 Å². The average Bonchev–Trinajstić information content (AvgIpc) is 3.40. The molecule has 8 heteroatoms. The van der Waals surface area contributed by atoms with Crippen LogP contribution in [-0.2, 0) is 11.3 Å². The maximum Gasteiger partial charge on any atom is 0.407 e. The van der Waals surface area contributed by atoms with Gasteiger partial charge in [0.1, 0.15) is 16.8 Å². The molecule has 0 saturated heterocycles. The van der Waals surface area contributed by atoms with Gasteiger partial charge in [-0.3, -0.25) is 9.78 Å². The quantitative estimate of drug-likeness (QED) is 0.169. The van der Waals surface area contributed by atoms with Gasteiger partial charge < -0.3 is 25.1 Å². The number of hydrogen-bond donors (Lipinski definition) is 3. The molecule has 0 unspecified atom stereocenters. The lowest BCUT2D eigenvalue weighted by Gasteiger charge is -2.19. The van der Waals surface area contributed by atoms with Crippen LogP contribution in [0.25, 0.3) is 33.2 Å². The number of rotatable bonds is 7. The molecule has 6 rings (SSSR count). The van der Waals surface area contributed by atoms with Crippen LogP contribution in [0.2, 0.25) is 0 Å². The van der Waals surface area contributed by atoms with E-state index in [0.717, 1.165) is 55.7 Å². The van der Waals surface area contributed by atoms with E-state index in [1.807, 2.05) is 88.4 Å². The van der Waals surface area contributed by atoms with E-state index in [1.54, 1.807) is 30.5 Å². The topological polar surface area (TPSA) is 105 Å². The van der Waals surface area contributed by atoms with Crippen molar-refractivity contribution < 1.29 is 18.7 Å². The summed E-state index contributed by atoms with van der Waals surface area (Å²) in [5.41, 5.74) is 7.53. The molecule has 0 atom stereocenters. The first kappa shape index (κ1) is 29.4. The third-order valence-corrected chi connectivity index (χ3v) is 7.27. The fourth-order valence-electron chi connectivity index (χ4n) is 5.06. The zero-order chi connectivity index (χ0) is 31.6. The van der Waals surface area contributed by atoms with Gasteiger partial charge in [-0.05, 0) is 87.4 Å². The SMILES string of the molecule is Cc1ccc(NC(=O)c2ccc(CNC(=O)OC(C)(C)C)cc2)cc1Nc1ccnc(-c2cccc3c2oc2ccccc23)c1. The van der Waals surface area contributed by atoms with Crippen molar-refractivity contribution in [1.29, 1.82) is 0 Å². The highest BCUT2D eigenvalue weighted by molar-refractivity contribution is 6.09. The van der Waals surface area contributed by atoms with E-state index in [9.17, 15) is 9.59 Å². The number of carbonyl (C=O) groups is 2. The van der Waals surface area contributed by atoms with Crippen molar-refractivity contribution in [3.05, 3.63) is 120 Å². The second-order valence-electron chi connectivity index (χ2n) is 11.9. The fraction of sp³-hybridized carbons (Fsp3) is 0.162. The van der Waals surface area contributed by atoms with Crippen LogP contribution in [0.3, 0.4) is 0 Å². The van der Waals surface area contributed by atoms with Gasteiger partial charge in [0.2, 0.25) is 0 Å². The van der Waals surface area contributed by atoms with Gasteiger partial charge in [-0.25, -0.2) is 4.79 Å². The van der Waals surface area contributed by atoms with Crippen LogP contribution in [0.5, 0.6) is 0 Å². The molecule has 4 aromatic carbocycles. The normalized spacial score (nSPS) is 11.4. The van der Waals surface area contributed by atoms with Crippen LogP contribution in [0.4, 0.5) is 21.9 Å². The molecule has 0 fully saturated rings. The molecule has 8 nitrogen and oxygen atoms in total. The van der Waals surface area contributed by atoms with Crippen molar-refractivity contribution in [3.8, 4) is 11.3 Å². The van der Waals surface area contributed by atoms with Crippen LogP contribution < -0.4 is 16.0 Å². The first-order valence-electron chi connectivity index (χ1n) is 14.7. The Labute approximate surface area is 261 Å². The van der Waals surface area contributed by atoms with Gasteiger partial charge in [-0.1, -0.05) is 48.5 Å². The molecular formula is C37H34N4O4. The number of furan rings is 1. The summed E-state index contributed by atoms with van der Waals surface area (Å²) in [6, 6.07) is 30.8. The Hall–Kier alpha value is -5.63. The number of nitrogens with one attached hydrogen (secondary N) is 3. The van der Waals surface area contributed by atoms with Crippen molar-refractivity contribution in [2.24, 2.45) is 0 Å². The zero-order valence-corrected chi connectivity index (χ0v) is 25.6. The summed E-state index contributed by atoms with van der Waals surface area (Å²) in [7, 11) is 0. The maximum atomic E-state index is 13.0. The van der Waals surface area contributed by atoms with Crippen LogP contribution in [0.1, 0.15) is 42.3 Å². The Morgan fingerprint density at radius 3 is 2.42 bits per heavy atom. The molecule has 0 aliphatic heterocycles. The number of aryl methyl sites for hydroxylation is 1. The third-order valence-electron chi connectivity index (χ3n) is 7.27. The molecule has 0 aliphatic carbocycles. The van der Waals surface area contributed by atoms with Crippen molar-refractivity contribution in [2.45, 2.75) is 39.8 Å². The van der Waals surface area contributed by atoms with Gasteiger partial charge in [0, 0.05) is 51.7 Å². The van der Waals surface area contributed by atoms with Crippen LogP contribution >= 0.6 is 0 Å². The summed E-state index contributed by atoms with van der Waals surface area (Å²) in [5.74, 6) is -0.235. The molecule has 0 aliphatic rings. The smallest absolute Gasteiger partial charge is 0.407 e. The largest absolute Gasteiger partial charge is 0.455 e. The highest BCUT2D eigenvalue weighted by Gasteiger charge is 2.16. The molecule has 2 aromatic heterocycles. The Morgan fingerprint density at radius 1 is 0.844 bits per heavy atom. The minimum absolute atomic E-state index is 0.235. The first-order chi connectivity index (χ1) is 21.6. The summed E-state index contributed by atoms with van der Waals surface area (Å²) in [6.07, 6.45) is 1.28. The van der Waals surface area contributed by atoms with Gasteiger partial charge in [0.05, 0.1) is 5.69 Å². The standard InChI is InChI=1S/C37H34N4O4/c1-23-12-17-26(41-35(42)25-15-13-24(14-16-25)22-39-36(43)45-37(2,3)4)20-31(23)40-27-18-19-38-32(21-27)30-10-7-9-29-28-8-5-6-11-33(28)44-34(29)30/h5-21H,22H2,1-4H3,(H,38,40)(H,39,43)(H,41,42). The van der Waals surface area contributed by atoms with E-state index in [2.05, 4.69) is 33.1 Å². The molecule has 226 valence electrons. The molecule has 6 aromatic rings. The van der Waals surface area contributed by atoms with E-state index in [4.69, 9.17) is 9.15 Å². The monoisotopic (exact) mass is 598 g/mol. The number of hydrogen-bond acceptors (Lipinski definition) is 6. The number of pyridine rings is 1. The van der Waals surface area contributed by atoms with Crippen LogP contribution in [0.15, 0.2) is 108 Å². The van der Waals surface area contributed by atoms with Crippen molar-refractivity contribution in [1.82, 2.24) is 10.3 Å². The zero-order valence-electron chi connectivity index (χ0n) is 25.6. The molecule has 0 radical (unpaired) electrons. The maximum absolute atomic E-state index is 13.0. The number of para-hydroxylation sites is 2. The minimum Gasteiger partial charge on any atom is -0.455 e. The van der Waals surface area contributed by atoms with Crippen molar-refractivity contribution in [2.75, 3.05) is 10.6 Å². The summed E-state index contributed by atoms with van der Waals surface area (Å²) in [5, 5.41) is 11.3. The van der Waals surface area contributed by atoms with E-state index < -0.39 is 11.7 Å². The number of anilines is 3. The van der Waals surface area contributed by atoms with Crippen molar-refractivity contribution in [3.63, 3.8) is 0 Å². The Bertz CT molecular complexity index is 2020. The number of carbonyl (C=O) groups excluding carboxylic acids is 2. The third kappa shape index (κ3) is 6.80. The lowest BCUT2D eigenvalue weighted by Crippen LogP contribution is -2.32. The molecule has 0 saturated carbocycles. The Morgan fingerprint density at radius 2 is 1.62 bits per heavy atom. The Kier molecular flexibility index (Phi) is 7.96. The second-order valence-corrected chi connectivity index (χ2v) is 11.9. The Balaban J connectivity index is 1.15. The predicted octanol–water partition coefficient (Wildman–Crippen LogP) is 8.98. The number of aromatic nitrogens is 1. The number of nitrogens with zero attached hydrogens (tertiary/aromatic N) is 1. The van der Waals surface area contributed by atoms with Gasteiger partial charge in [0.25, 0.3) is 5.91 Å². The summed E-state index contributed by atoms with van der Waals surface area (Å²) >= 11 is 0. The van der Waals surface area contributed by atoms with Gasteiger partial charge in [0.15, 0.2) is 0 Å². The predicted molar refractivity (Wildman–Crippen MR) is 179 cm³/mol. The minimum atomic E-state index is -0.565. The fourth-order valence-corrected chi connectivity index (χ4v) is 5.06. The highest BCUT2D eigenvalue weighted by atomic mass is 16.6. The number of amides is 2. The van der Waals surface area contributed by atoms with Gasteiger partial charge in [-0.2, -0.15) is 0 Å². The van der Waals surface area contributed by atoms with Crippen molar-refractivity contribution >= 4 is 51.0 Å². The lowest BCUT2D eigenvalue weighted by molar-refractivity contribution is 0.0523. The van der Waals surface area contributed by atoms with Crippen LogP contribution in [0, 0.1) is 6.92 Å². The van der Waals surface area contributed by atoms with E-state index >= 15 is 0 Å². The molecule has 45 heavy (non-hydrogen) atoms. The molecule has 3 N–H and O–H groups in total. The lowest BCUT2D eigenvalue weighted by atomic mass is 10.1. The second kappa shape index (κ2) is 12.2. The number of benzene rings is 4. The molecule has 2 amide bonds. The molecule has 0 spiro atoms. The number of ether oxygens (including phenoxy) is 1. The first-order valence-corrected chi connectivity index (χ1v) is 14.7. The van der Waals surface area contributed by atoms with Gasteiger partial charge in [-0.15, -0.1) is 0 Å².